The summed E-state index contributed by atoms with van der Waals surface area (Å²) in [7, 11) is 3.64. The minimum absolute atomic E-state index is 0. The van der Waals surface area contributed by atoms with E-state index in [1.54, 1.807) is 7.11 Å². The van der Waals surface area contributed by atoms with Crippen LogP contribution < -0.4 is 5.32 Å². The number of rotatable bonds is 6. The third-order valence-corrected chi connectivity index (χ3v) is 4.74. The Kier molecular flexibility index (Phi) is 11.2. The lowest BCUT2D eigenvalue weighted by molar-refractivity contribution is 0.0466. The van der Waals surface area contributed by atoms with Gasteiger partial charge in [0.25, 0.3) is 0 Å². The maximum absolute atomic E-state index is 6.02. The summed E-state index contributed by atoms with van der Waals surface area (Å²) >= 11 is 0. The Morgan fingerprint density at radius 3 is 2.57 bits per heavy atom. The minimum atomic E-state index is 0. The fourth-order valence-corrected chi connectivity index (χ4v) is 3.53. The van der Waals surface area contributed by atoms with E-state index in [-0.39, 0.29) is 24.0 Å². The number of methoxy groups -OCH3 is 1. The molecule has 0 spiro atoms. The molecule has 0 radical (unpaired) electrons. The van der Waals surface area contributed by atoms with E-state index < -0.39 is 0 Å². The molecule has 5 nitrogen and oxygen atoms in total. The second-order valence-electron chi connectivity index (χ2n) is 6.51. The van der Waals surface area contributed by atoms with Crippen molar-refractivity contribution in [3.63, 3.8) is 0 Å². The highest BCUT2D eigenvalue weighted by Gasteiger charge is 2.24. The van der Waals surface area contributed by atoms with Gasteiger partial charge in [-0.1, -0.05) is 25.7 Å². The van der Waals surface area contributed by atoms with Gasteiger partial charge in [0.2, 0.25) is 0 Å². The van der Waals surface area contributed by atoms with Crippen LogP contribution in [0, 0.1) is 5.92 Å². The van der Waals surface area contributed by atoms with Crippen molar-refractivity contribution in [2.75, 3.05) is 47.0 Å². The second-order valence-corrected chi connectivity index (χ2v) is 6.51. The van der Waals surface area contributed by atoms with E-state index in [0.717, 1.165) is 38.8 Å². The molecule has 136 valence electrons. The maximum Gasteiger partial charge on any atom is 0.193 e. The summed E-state index contributed by atoms with van der Waals surface area (Å²) in [4.78, 5) is 6.73. The van der Waals surface area contributed by atoms with Crippen molar-refractivity contribution in [3.8, 4) is 0 Å². The van der Waals surface area contributed by atoms with Crippen molar-refractivity contribution < 1.29 is 9.47 Å². The summed E-state index contributed by atoms with van der Waals surface area (Å²) in [6.07, 6.45) is 9.55. The molecule has 2 rings (SSSR count). The number of hydrogen-bond donors (Lipinski definition) is 1. The van der Waals surface area contributed by atoms with Crippen LogP contribution in [0.25, 0.3) is 0 Å². The Bertz CT molecular complexity index is 334. The third kappa shape index (κ3) is 7.56. The molecule has 23 heavy (non-hydrogen) atoms. The number of guanidine groups is 1. The second kappa shape index (κ2) is 12.3. The Labute approximate surface area is 158 Å². The van der Waals surface area contributed by atoms with E-state index >= 15 is 0 Å². The Morgan fingerprint density at radius 2 is 1.91 bits per heavy atom. The first-order valence-electron chi connectivity index (χ1n) is 8.89. The highest BCUT2D eigenvalue weighted by molar-refractivity contribution is 14.0. The van der Waals surface area contributed by atoms with Crippen molar-refractivity contribution >= 4 is 29.9 Å². The number of hydrogen-bond acceptors (Lipinski definition) is 3. The first kappa shape index (κ1) is 21.0. The van der Waals surface area contributed by atoms with Gasteiger partial charge in [-0.25, -0.2) is 0 Å². The number of ether oxygens (including phenoxy) is 2. The van der Waals surface area contributed by atoms with Crippen LogP contribution in [0.4, 0.5) is 0 Å². The predicted molar refractivity (Wildman–Crippen MR) is 106 cm³/mol. The van der Waals surface area contributed by atoms with E-state index in [0.29, 0.717) is 12.0 Å². The monoisotopic (exact) mass is 439 g/mol. The Balaban J connectivity index is 0.00000264. The zero-order valence-corrected chi connectivity index (χ0v) is 17.1. The molecule has 1 saturated heterocycles. The lowest BCUT2D eigenvalue weighted by Gasteiger charge is -2.22. The molecule has 2 aliphatic rings. The minimum Gasteiger partial charge on any atom is -0.384 e. The molecular formula is C17H34IN3O2. The molecule has 1 atom stereocenters. The SMILES string of the molecule is CN=C(NCCOC1CCCCCC1)N1CCC(COC)C1.I. The van der Waals surface area contributed by atoms with Crippen LogP contribution in [0.1, 0.15) is 44.9 Å². The summed E-state index contributed by atoms with van der Waals surface area (Å²) in [6, 6.07) is 0. The van der Waals surface area contributed by atoms with Crippen LogP contribution in [0.2, 0.25) is 0 Å². The van der Waals surface area contributed by atoms with Gasteiger partial charge in [-0.05, 0) is 19.3 Å². The largest absolute Gasteiger partial charge is 0.384 e. The van der Waals surface area contributed by atoms with Crippen LogP contribution in [0.15, 0.2) is 4.99 Å². The fraction of sp³-hybridized carbons (Fsp3) is 0.941. The van der Waals surface area contributed by atoms with Crippen molar-refractivity contribution in [1.29, 1.82) is 0 Å². The van der Waals surface area contributed by atoms with Gasteiger partial charge in [-0.15, -0.1) is 24.0 Å². The molecule has 2 fully saturated rings. The van der Waals surface area contributed by atoms with Gasteiger partial charge in [0.15, 0.2) is 5.96 Å². The Hall–Kier alpha value is -0.0800. The van der Waals surface area contributed by atoms with Crippen LogP contribution in [-0.2, 0) is 9.47 Å². The smallest absolute Gasteiger partial charge is 0.193 e. The molecule has 1 heterocycles. The Morgan fingerprint density at radius 1 is 1.17 bits per heavy atom. The summed E-state index contributed by atoms with van der Waals surface area (Å²) in [5, 5.41) is 3.44. The maximum atomic E-state index is 6.02. The van der Waals surface area contributed by atoms with E-state index in [9.17, 15) is 0 Å². The molecule has 1 N–H and O–H groups in total. The molecule has 1 saturated carbocycles. The van der Waals surface area contributed by atoms with Crippen LogP contribution in [-0.4, -0.2) is 64.0 Å². The van der Waals surface area contributed by atoms with Crippen LogP contribution >= 0.6 is 24.0 Å². The number of aliphatic imine (C=N–C) groups is 1. The van der Waals surface area contributed by atoms with E-state index in [1.807, 2.05) is 7.05 Å². The zero-order valence-electron chi connectivity index (χ0n) is 14.8. The average molecular weight is 439 g/mol. The zero-order chi connectivity index (χ0) is 15.6. The number of nitrogens with zero attached hydrogens (tertiary/aromatic N) is 2. The topological polar surface area (TPSA) is 46.1 Å². The van der Waals surface area contributed by atoms with E-state index in [2.05, 4.69) is 15.2 Å². The molecule has 0 aromatic rings. The quantitative estimate of drug-likeness (QED) is 0.227. The fourth-order valence-electron chi connectivity index (χ4n) is 3.53. The molecule has 6 heteroatoms. The molecule has 1 aliphatic carbocycles. The van der Waals surface area contributed by atoms with Gasteiger partial charge < -0.3 is 19.7 Å². The van der Waals surface area contributed by atoms with Gasteiger partial charge in [0.1, 0.15) is 0 Å². The normalized spacial score (nSPS) is 23.5. The van der Waals surface area contributed by atoms with E-state index in [4.69, 9.17) is 9.47 Å². The summed E-state index contributed by atoms with van der Waals surface area (Å²) < 4.78 is 11.3. The summed E-state index contributed by atoms with van der Waals surface area (Å²) in [5.74, 6) is 1.63. The average Bonchev–Trinajstić information content (AvgIpc) is 2.83. The van der Waals surface area contributed by atoms with E-state index in [1.165, 1.54) is 44.9 Å². The molecule has 0 aromatic heterocycles. The molecule has 0 amide bonds. The number of halogens is 1. The van der Waals surface area contributed by atoms with Gasteiger partial charge in [0, 0.05) is 39.7 Å². The van der Waals surface area contributed by atoms with Crippen molar-refractivity contribution in [1.82, 2.24) is 10.2 Å². The van der Waals surface area contributed by atoms with Gasteiger partial charge in [0.05, 0.1) is 19.3 Å². The standard InChI is InChI=1S/C17H33N3O2.HI/c1-18-17(20-11-9-15(13-20)14-21-2)19-10-12-22-16-7-5-3-4-6-8-16;/h15-16H,3-14H2,1-2H3,(H,18,19);1H. The number of nitrogens with one attached hydrogen (secondary N) is 1. The molecular weight excluding hydrogens is 405 g/mol. The summed E-state index contributed by atoms with van der Waals surface area (Å²) in [5.41, 5.74) is 0. The number of likely N-dealkylation sites (tertiary alicyclic amines) is 1. The highest BCUT2D eigenvalue weighted by atomic mass is 127. The lowest BCUT2D eigenvalue weighted by atomic mass is 10.1. The molecule has 1 aliphatic heterocycles. The van der Waals surface area contributed by atoms with Crippen molar-refractivity contribution in [2.45, 2.75) is 51.0 Å². The van der Waals surface area contributed by atoms with Crippen LogP contribution in [0.5, 0.6) is 0 Å². The van der Waals surface area contributed by atoms with Gasteiger partial charge >= 0.3 is 0 Å². The summed E-state index contributed by atoms with van der Waals surface area (Å²) in [6.45, 7) is 4.57. The first-order chi connectivity index (χ1) is 10.8. The van der Waals surface area contributed by atoms with Gasteiger partial charge in [-0.3, -0.25) is 4.99 Å². The first-order valence-corrected chi connectivity index (χ1v) is 8.89. The van der Waals surface area contributed by atoms with Gasteiger partial charge in [-0.2, -0.15) is 0 Å². The molecule has 0 aromatic carbocycles. The van der Waals surface area contributed by atoms with Crippen molar-refractivity contribution in [2.24, 2.45) is 10.9 Å². The lowest BCUT2D eigenvalue weighted by Crippen LogP contribution is -2.41. The molecule has 1 unspecified atom stereocenters. The third-order valence-electron chi connectivity index (χ3n) is 4.74. The highest BCUT2D eigenvalue weighted by Crippen LogP contribution is 2.19. The van der Waals surface area contributed by atoms with Crippen molar-refractivity contribution in [3.05, 3.63) is 0 Å². The molecule has 0 bridgehead atoms. The predicted octanol–water partition coefficient (Wildman–Crippen LogP) is 2.89. The van der Waals surface area contributed by atoms with Crippen LogP contribution in [0.3, 0.4) is 0 Å².